The van der Waals surface area contributed by atoms with Crippen molar-refractivity contribution in [2.45, 2.75) is 26.9 Å². The fourth-order valence-electron chi connectivity index (χ4n) is 1.85. The van der Waals surface area contributed by atoms with Gasteiger partial charge in [-0.15, -0.1) is 0 Å². The van der Waals surface area contributed by atoms with Crippen LogP contribution in [-0.4, -0.2) is 9.97 Å². The van der Waals surface area contributed by atoms with Crippen molar-refractivity contribution in [2.24, 2.45) is 0 Å². The Kier molecular flexibility index (Phi) is 3.73. The lowest BCUT2D eigenvalue weighted by Crippen LogP contribution is -2.05. The first-order chi connectivity index (χ1) is 9.20. The predicted octanol–water partition coefficient (Wildman–Crippen LogP) is 4.74. The van der Waals surface area contributed by atoms with Crippen LogP contribution in [0.2, 0.25) is 5.15 Å². The van der Waals surface area contributed by atoms with Crippen molar-refractivity contribution in [1.82, 2.24) is 9.97 Å². The van der Waals surface area contributed by atoms with Crippen LogP contribution >= 0.6 is 11.6 Å². The molecule has 0 unspecified atom stereocenters. The number of rotatable bonds is 1. The number of hydrogen-bond donors (Lipinski definition) is 0. The molecule has 2 rings (SSSR count). The molecule has 6 heteroatoms. The van der Waals surface area contributed by atoms with Gasteiger partial charge in [0.2, 0.25) is 0 Å². The molecule has 2 aromatic rings. The molecule has 106 valence electrons. The third-order valence-electron chi connectivity index (χ3n) is 3.07. The molecule has 1 aromatic carbocycles. The van der Waals surface area contributed by atoms with E-state index in [0.29, 0.717) is 28.2 Å². The molecule has 0 aliphatic rings. The maximum atomic E-state index is 12.6. The molecule has 0 N–H and O–H groups in total. The smallest absolute Gasteiger partial charge is 0.248 e. The van der Waals surface area contributed by atoms with Gasteiger partial charge in [0, 0.05) is 5.56 Å². The van der Waals surface area contributed by atoms with Gasteiger partial charge >= 0.3 is 6.18 Å². The van der Waals surface area contributed by atoms with Crippen molar-refractivity contribution in [3.8, 4) is 11.3 Å². The minimum atomic E-state index is -4.36. The topological polar surface area (TPSA) is 25.8 Å². The van der Waals surface area contributed by atoms with E-state index < -0.39 is 11.7 Å². The zero-order valence-electron chi connectivity index (χ0n) is 11.1. The van der Waals surface area contributed by atoms with Crippen molar-refractivity contribution < 1.29 is 13.2 Å². The van der Waals surface area contributed by atoms with Crippen molar-refractivity contribution in [2.75, 3.05) is 0 Å². The second-order valence-electron chi connectivity index (χ2n) is 4.56. The summed E-state index contributed by atoms with van der Waals surface area (Å²) in [4.78, 5) is 8.46. The van der Waals surface area contributed by atoms with Crippen LogP contribution in [0.3, 0.4) is 0 Å². The van der Waals surface area contributed by atoms with Crippen LogP contribution in [-0.2, 0) is 6.18 Å². The molecule has 20 heavy (non-hydrogen) atoms. The molecular weight excluding hydrogens is 289 g/mol. The van der Waals surface area contributed by atoms with Crippen LogP contribution in [0.1, 0.15) is 22.5 Å². The Bertz CT molecular complexity index is 666. The standard InChI is InChI=1S/C14H12ClF3N2/c1-7-6-10(14(16,17)18)4-5-11(7)12-13(15)20-9(3)8(2)19-12/h4-6H,1-3H3. The molecule has 0 saturated heterocycles. The van der Waals surface area contributed by atoms with Crippen molar-refractivity contribution in [3.63, 3.8) is 0 Å². The summed E-state index contributed by atoms with van der Waals surface area (Å²) in [5.41, 5.74) is 2.12. The third kappa shape index (κ3) is 2.77. The first-order valence-corrected chi connectivity index (χ1v) is 6.27. The average molecular weight is 301 g/mol. The van der Waals surface area contributed by atoms with Gasteiger partial charge in [-0.05, 0) is 38.5 Å². The molecule has 0 saturated carbocycles. The van der Waals surface area contributed by atoms with Crippen LogP contribution in [0.5, 0.6) is 0 Å². The number of halogens is 4. The second kappa shape index (κ2) is 5.05. The van der Waals surface area contributed by atoms with Gasteiger partial charge in [-0.2, -0.15) is 13.2 Å². The minimum Gasteiger partial charge on any atom is -0.248 e. The Morgan fingerprint density at radius 1 is 1.00 bits per heavy atom. The number of benzene rings is 1. The summed E-state index contributed by atoms with van der Waals surface area (Å²) in [6.07, 6.45) is -4.36. The number of aromatic nitrogens is 2. The van der Waals surface area contributed by atoms with Crippen molar-refractivity contribution in [1.29, 1.82) is 0 Å². The molecule has 0 bridgehead atoms. The molecule has 0 radical (unpaired) electrons. The lowest BCUT2D eigenvalue weighted by atomic mass is 10.0. The summed E-state index contributed by atoms with van der Waals surface area (Å²) in [6.45, 7) is 5.15. The van der Waals surface area contributed by atoms with Crippen LogP contribution < -0.4 is 0 Å². The third-order valence-corrected chi connectivity index (χ3v) is 3.34. The van der Waals surface area contributed by atoms with Gasteiger partial charge in [0.1, 0.15) is 5.69 Å². The van der Waals surface area contributed by atoms with E-state index in [2.05, 4.69) is 9.97 Å². The highest BCUT2D eigenvalue weighted by molar-refractivity contribution is 6.31. The number of nitrogens with zero attached hydrogens (tertiary/aromatic N) is 2. The highest BCUT2D eigenvalue weighted by Crippen LogP contribution is 2.34. The number of hydrogen-bond acceptors (Lipinski definition) is 2. The van der Waals surface area contributed by atoms with Gasteiger partial charge in [0.25, 0.3) is 0 Å². The fourth-order valence-corrected chi connectivity index (χ4v) is 2.12. The van der Waals surface area contributed by atoms with Gasteiger partial charge in [0.05, 0.1) is 17.0 Å². The summed E-state index contributed by atoms with van der Waals surface area (Å²) in [6, 6.07) is 3.49. The Balaban J connectivity index is 2.57. The zero-order valence-corrected chi connectivity index (χ0v) is 11.9. The summed E-state index contributed by atoms with van der Waals surface area (Å²) < 4.78 is 37.9. The second-order valence-corrected chi connectivity index (χ2v) is 4.92. The van der Waals surface area contributed by atoms with Gasteiger partial charge in [-0.3, -0.25) is 0 Å². The average Bonchev–Trinajstić information content (AvgIpc) is 2.33. The highest BCUT2D eigenvalue weighted by atomic mass is 35.5. The molecule has 0 spiro atoms. The molecule has 0 amide bonds. The molecule has 0 aliphatic carbocycles. The maximum Gasteiger partial charge on any atom is 0.416 e. The first kappa shape index (κ1) is 14.8. The Morgan fingerprint density at radius 3 is 2.15 bits per heavy atom. The predicted molar refractivity (Wildman–Crippen MR) is 71.7 cm³/mol. The Labute approximate surface area is 119 Å². The normalized spacial score (nSPS) is 11.8. The largest absolute Gasteiger partial charge is 0.416 e. The summed E-state index contributed by atoms with van der Waals surface area (Å²) in [5, 5.41) is 0.191. The Morgan fingerprint density at radius 2 is 1.60 bits per heavy atom. The van der Waals surface area contributed by atoms with Gasteiger partial charge < -0.3 is 0 Å². The van der Waals surface area contributed by atoms with Crippen molar-refractivity contribution in [3.05, 3.63) is 45.9 Å². The molecule has 0 fully saturated rings. The highest BCUT2D eigenvalue weighted by Gasteiger charge is 2.30. The summed E-state index contributed by atoms with van der Waals surface area (Å²) >= 11 is 6.04. The van der Waals surface area contributed by atoms with Gasteiger partial charge in [0.15, 0.2) is 5.15 Å². The van der Waals surface area contributed by atoms with Crippen LogP contribution in [0, 0.1) is 20.8 Å². The van der Waals surface area contributed by atoms with Gasteiger partial charge in [-0.25, -0.2) is 9.97 Å². The van der Waals surface area contributed by atoms with Gasteiger partial charge in [-0.1, -0.05) is 17.7 Å². The molecule has 0 aliphatic heterocycles. The Hall–Kier alpha value is -1.62. The van der Waals surface area contributed by atoms with Crippen LogP contribution in [0.25, 0.3) is 11.3 Å². The lowest BCUT2D eigenvalue weighted by Gasteiger charge is -2.12. The summed E-state index contributed by atoms with van der Waals surface area (Å²) in [7, 11) is 0. The van der Waals surface area contributed by atoms with E-state index in [0.717, 1.165) is 12.1 Å². The molecule has 2 nitrogen and oxygen atoms in total. The lowest BCUT2D eigenvalue weighted by molar-refractivity contribution is -0.137. The van der Waals surface area contributed by atoms with E-state index >= 15 is 0 Å². The zero-order chi connectivity index (χ0) is 15.1. The quantitative estimate of drug-likeness (QED) is 0.760. The monoisotopic (exact) mass is 300 g/mol. The van der Waals surface area contributed by atoms with E-state index in [9.17, 15) is 13.2 Å². The van der Waals surface area contributed by atoms with Crippen LogP contribution in [0.15, 0.2) is 18.2 Å². The van der Waals surface area contributed by atoms with E-state index in [1.165, 1.54) is 6.07 Å². The SMILES string of the molecule is Cc1cc(C(F)(F)F)ccc1-c1nc(C)c(C)nc1Cl. The van der Waals surface area contributed by atoms with Crippen molar-refractivity contribution >= 4 is 11.6 Å². The number of alkyl halides is 3. The maximum absolute atomic E-state index is 12.6. The minimum absolute atomic E-state index is 0.191. The summed E-state index contributed by atoms with van der Waals surface area (Å²) in [5.74, 6) is 0. The molecule has 1 heterocycles. The number of aryl methyl sites for hydroxylation is 3. The van der Waals surface area contributed by atoms with E-state index in [4.69, 9.17) is 11.6 Å². The molecule has 1 aromatic heterocycles. The van der Waals surface area contributed by atoms with E-state index in [1.54, 1.807) is 20.8 Å². The first-order valence-electron chi connectivity index (χ1n) is 5.89. The fraction of sp³-hybridized carbons (Fsp3) is 0.286. The van der Waals surface area contributed by atoms with E-state index in [1.807, 2.05) is 0 Å². The van der Waals surface area contributed by atoms with Crippen LogP contribution in [0.4, 0.5) is 13.2 Å². The van der Waals surface area contributed by atoms with E-state index in [-0.39, 0.29) is 5.15 Å². The molecule has 0 atom stereocenters. The molecular formula is C14H12ClF3N2.